The second kappa shape index (κ2) is 5.82. The van der Waals surface area contributed by atoms with Crippen LogP contribution < -0.4 is 9.46 Å². The molecule has 0 bridgehead atoms. The van der Waals surface area contributed by atoms with Gasteiger partial charge in [0.2, 0.25) is 10.0 Å². The van der Waals surface area contributed by atoms with E-state index in [2.05, 4.69) is 4.72 Å². The molecule has 0 amide bonds. The van der Waals surface area contributed by atoms with E-state index in [0.29, 0.717) is 18.6 Å². The predicted molar refractivity (Wildman–Crippen MR) is 77.2 cm³/mol. The summed E-state index contributed by atoms with van der Waals surface area (Å²) in [5, 5.41) is 9.10. The summed E-state index contributed by atoms with van der Waals surface area (Å²) < 4.78 is 32.2. The lowest BCUT2D eigenvalue weighted by molar-refractivity contribution is -0.139. The van der Waals surface area contributed by atoms with Gasteiger partial charge in [0.25, 0.3) is 0 Å². The average Bonchev–Trinajstić information content (AvgIpc) is 2.35. The van der Waals surface area contributed by atoms with E-state index >= 15 is 0 Å². The average molecular weight is 334 g/mol. The van der Waals surface area contributed by atoms with Crippen LogP contribution in [0.3, 0.4) is 0 Å². The van der Waals surface area contributed by atoms with Crippen LogP contribution in [0.25, 0.3) is 0 Å². The van der Waals surface area contributed by atoms with E-state index in [0.717, 1.165) is 6.42 Å². The van der Waals surface area contributed by atoms with Crippen molar-refractivity contribution in [3.8, 4) is 5.75 Å². The van der Waals surface area contributed by atoms with E-state index in [9.17, 15) is 13.2 Å². The van der Waals surface area contributed by atoms with Gasteiger partial charge in [-0.25, -0.2) is 13.1 Å². The molecule has 1 saturated carbocycles. The number of rotatable bonds is 6. The zero-order valence-corrected chi connectivity index (χ0v) is 13.0. The Balaban J connectivity index is 2.25. The topological polar surface area (TPSA) is 92.7 Å². The van der Waals surface area contributed by atoms with Gasteiger partial charge in [-0.1, -0.05) is 11.6 Å². The number of nitrogens with one attached hydrogen (secondary N) is 1. The number of benzene rings is 1. The molecule has 0 heterocycles. The highest BCUT2D eigenvalue weighted by molar-refractivity contribution is 7.89. The molecule has 1 aromatic carbocycles. The number of halogens is 1. The Labute approximate surface area is 128 Å². The minimum absolute atomic E-state index is 0.00929. The molecule has 0 spiro atoms. The van der Waals surface area contributed by atoms with Gasteiger partial charge in [-0.05, 0) is 37.5 Å². The van der Waals surface area contributed by atoms with Crippen molar-refractivity contribution in [3.63, 3.8) is 0 Å². The number of sulfonamides is 1. The lowest BCUT2D eigenvalue weighted by Gasteiger charge is -2.40. The first-order valence-electron chi connectivity index (χ1n) is 6.37. The lowest BCUT2D eigenvalue weighted by Crippen LogP contribution is -2.54. The smallest absolute Gasteiger partial charge is 0.305 e. The van der Waals surface area contributed by atoms with Crippen molar-refractivity contribution in [1.29, 1.82) is 0 Å². The molecule has 1 fully saturated rings. The van der Waals surface area contributed by atoms with Gasteiger partial charge in [-0.3, -0.25) is 4.79 Å². The van der Waals surface area contributed by atoms with E-state index in [4.69, 9.17) is 21.4 Å². The highest BCUT2D eigenvalue weighted by atomic mass is 35.5. The molecule has 0 saturated heterocycles. The van der Waals surface area contributed by atoms with Gasteiger partial charge in [0.05, 0.1) is 23.4 Å². The Morgan fingerprint density at radius 2 is 2.14 bits per heavy atom. The maximum absolute atomic E-state index is 12.4. The highest BCUT2D eigenvalue weighted by Gasteiger charge is 2.42. The van der Waals surface area contributed by atoms with Crippen LogP contribution in [0.4, 0.5) is 0 Å². The summed E-state index contributed by atoms with van der Waals surface area (Å²) in [6, 6.07) is 4.12. The highest BCUT2D eigenvalue weighted by Crippen LogP contribution is 2.37. The van der Waals surface area contributed by atoms with Crippen LogP contribution in [-0.2, 0) is 14.8 Å². The first-order valence-corrected chi connectivity index (χ1v) is 8.23. The molecular weight excluding hydrogens is 318 g/mol. The summed E-state index contributed by atoms with van der Waals surface area (Å²) in [5.74, 6) is -0.648. The van der Waals surface area contributed by atoms with Gasteiger partial charge >= 0.3 is 5.97 Å². The number of carboxylic acid groups (broad SMARTS) is 1. The summed E-state index contributed by atoms with van der Waals surface area (Å²) in [4.78, 5) is 10.9. The summed E-state index contributed by atoms with van der Waals surface area (Å²) in [6.07, 6.45) is 1.61. The van der Waals surface area contributed by atoms with Crippen LogP contribution in [-0.4, -0.2) is 32.1 Å². The molecule has 0 atom stereocenters. The third-order valence-corrected chi connectivity index (χ3v) is 5.46. The minimum Gasteiger partial charge on any atom is -0.495 e. The Bertz CT molecular complexity index is 655. The Morgan fingerprint density at radius 1 is 1.48 bits per heavy atom. The number of aliphatic carboxylic acids is 1. The fraction of sp³-hybridized carbons (Fsp3) is 0.462. The van der Waals surface area contributed by atoms with Crippen molar-refractivity contribution in [2.75, 3.05) is 7.11 Å². The van der Waals surface area contributed by atoms with Crippen LogP contribution in [0, 0.1) is 0 Å². The fourth-order valence-corrected chi connectivity index (χ4v) is 4.17. The molecule has 0 unspecified atom stereocenters. The quantitative estimate of drug-likeness (QED) is 0.830. The largest absolute Gasteiger partial charge is 0.495 e. The monoisotopic (exact) mass is 333 g/mol. The van der Waals surface area contributed by atoms with Crippen molar-refractivity contribution in [2.24, 2.45) is 0 Å². The molecule has 1 aliphatic carbocycles. The molecular formula is C13H16ClNO5S. The van der Waals surface area contributed by atoms with Crippen LogP contribution in [0.2, 0.25) is 5.02 Å². The van der Waals surface area contributed by atoms with Crippen molar-refractivity contribution in [3.05, 3.63) is 23.2 Å². The van der Waals surface area contributed by atoms with Crippen molar-refractivity contribution < 1.29 is 23.1 Å². The van der Waals surface area contributed by atoms with Crippen LogP contribution >= 0.6 is 11.6 Å². The van der Waals surface area contributed by atoms with Crippen molar-refractivity contribution >= 4 is 27.6 Å². The molecule has 1 aliphatic rings. The van der Waals surface area contributed by atoms with E-state index in [1.54, 1.807) is 0 Å². The molecule has 0 aliphatic heterocycles. The van der Waals surface area contributed by atoms with E-state index < -0.39 is 21.5 Å². The fourth-order valence-electron chi connectivity index (χ4n) is 2.37. The first kappa shape index (κ1) is 16.1. The number of methoxy groups -OCH3 is 1. The first-order chi connectivity index (χ1) is 9.78. The van der Waals surface area contributed by atoms with E-state index in [1.807, 2.05) is 0 Å². The molecule has 21 heavy (non-hydrogen) atoms. The standard InChI is InChI=1S/C13H16ClNO5S/c1-20-11-4-3-9(7-10(11)14)21(18,19)15-13(5-2-6-13)8-12(16)17/h3-4,7,15H,2,5-6,8H2,1H3,(H,16,17). The minimum atomic E-state index is -3.83. The van der Waals surface area contributed by atoms with Crippen molar-refractivity contribution in [1.82, 2.24) is 4.72 Å². The van der Waals surface area contributed by atoms with Crippen molar-refractivity contribution in [2.45, 2.75) is 36.1 Å². The van der Waals surface area contributed by atoms with Crippen LogP contribution in [0.15, 0.2) is 23.1 Å². The molecule has 0 aromatic heterocycles. The second-order valence-electron chi connectivity index (χ2n) is 5.11. The van der Waals surface area contributed by atoms with Gasteiger partial charge < -0.3 is 9.84 Å². The predicted octanol–water partition coefficient (Wildman–Crippen LogP) is 2.02. The van der Waals surface area contributed by atoms with Gasteiger partial charge in [-0.2, -0.15) is 0 Å². The summed E-state index contributed by atoms with van der Waals surface area (Å²) in [6.45, 7) is 0. The Hall–Kier alpha value is -1.31. The zero-order chi connectivity index (χ0) is 15.7. The molecule has 0 radical (unpaired) electrons. The maximum atomic E-state index is 12.4. The Kier molecular flexibility index (Phi) is 4.46. The number of carbonyl (C=O) groups is 1. The molecule has 8 heteroatoms. The summed E-state index contributed by atoms with van der Waals surface area (Å²) >= 11 is 5.93. The lowest BCUT2D eigenvalue weighted by atomic mass is 9.75. The normalized spacial score (nSPS) is 17.0. The van der Waals surface area contributed by atoms with Crippen LogP contribution in [0.5, 0.6) is 5.75 Å². The summed E-state index contributed by atoms with van der Waals surface area (Å²) in [5.41, 5.74) is -0.892. The van der Waals surface area contributed by atoms with Gasteiger partial charge in [-0.15, -0.1) is 0 Å². The van der Waals surface area contributed by atoms with Gasteiger partial charge in [0.1, 0.15) is 5.75 Å². The number of hydrogen-bond acceptors (Lipinski definition) is 4. The van der Waals surface area contributed by atoms with Gasteiger partial charge in [0.15, 0.2) is 0 Å². The van der Waals surface area contributed by atoms with Crippen LogP contribution in [0.1, 0.15) is 25.7 Å². The third-order valence-electron chi connectivity index (χ3n) is 3.58. The van der Waals surface area contributed by atoms with E-state index in [-0.39, 0.29) is 16.3 Å². The summed E-state index contributed by atoms with van der Waals surface area (Å²) in [7, 11) is -2.39. The molecule has 2 rings (SSSR count). The second-order valence-corrected chi connectivity index (χ2v) is 7.20. The molecule has 116 valence electrons. The SMILES string of the molecule is COc1ccc(S(=O)(=O)NC2(CC(=O)O)CCC2)cc1Cl. The zero-order valence-electron chi connectivity index (χ0n) is 11.4. The molecule has 1 aromatic rings. The number of hydrogen-bond donors (Lipinski definition) is 2. The third kappa shape index (κ3) is 3.48. The Morgan fingerprint density at radius 3 is 2.57 bits per heavy atom. The number of ether oxygens (including phenoxy) is 1. The van der Waals surface area contributed by atoms with Gasteiger partial charge in [0, 0.05) is 5.54 Å². The molecule has 2 N–H and O–H groups in total. The molecule has 6 nitrogen and oxygen atoms in total. The van der Waals surface area contributed by atoms with E-state index in [1.165, 1.54) is 25.3 Å². The maximum Gasteiger partial charge on any atom is 0.305 e. The number of carboxylic acids is 1.